The lowest BCUT2D eigenvalue weighted by atomic mass is 9.69. The average molecular weight is 353 g/mol. The van der Waals surface area contributed by atoms with Crippen LogP contribution >= 0.6 is 0 Å². The van der Waals surface area contributed by atoms with Crippen LogP contribution in [0.5, 0.6) is 0 Å². The van der Waals surface area contributed by atoms with Crippen LogP contribution in [0.1, 0.15) is 48.8 Å². The van der Waals surface area contributed by atoms with Crippen LogP contribution in [0.3, 0.4) is 0 Å². The Kier molecular flexibility index (Phi) is 3.07. The van der Waals surface area contributed by atoms with Crippen LogP contribution in [0.2, 0.25) is 0 Å². The maximum Gasteiger partial charge on any atom is 0.276 e. The fraction of sp³-hybridized carbons (Fsp3) is 0.261. The van der Waals surface area contributed by atoms with Gasteiger partial charge in [0.1, 0.15) is 5.65 Å². The molecule has 2 bridgehead atoms. The van der Waals surface area contributed by atoms with Gasteiger partial charge in [0.05, 0.1) is 5.69 Å². The highest BCUT2D eigenvalue weighted by atomic mass is 16.1. The first kappa shape index (κ1) is 15.1. The molecule has 0 unspecified atom stereocenters. The molecule has 3 aliphatic carbocycles. The number of hydrogen-bond donors (Lipinski definition) is 0. The Balaban J connectivity index is 1.71. The van der Waals surface area contributed by atoms with E-state index in [0.717, 1.165) is 46.1 Å². The van der Waals surface area contributed by atoms with Crippen molar-refractivity contribution in [3.63, 3.8) is 0 Å². The highest BCUT2D eigenvalue weighted by Gasteiger charge is 2.37. The lowest BCUT2D eigenvalue weighted by molar-refractivity contribution is 0.344. The number of aromatic nitrogens is 3. The number of nitrogens with zero attached hydrogens (tertiary/aromatic N) is 3. The third kappa shape index (κ3) is 2.07. The van der Waals surface area contributed by atoms with E-state index in [2.05, 4.69) is 38.8 Å². The minimum Gasteiger partial charge on any atom is -0.304 e. The molecule has 3 aromatic heterocycles. The maximum absolute atomic E-state index is 12.9. The lowest BCUT2D eigenvalue weighted by Gasteiger charge is -2.37. The molecule has 4 nitrogen and oxygen atoms in total. The summed E-state index contributed by atoms with van der Waals surface area (Å²) in [7, 11) is 0. The van der Waals surface area contributed by atoms with E-state index in [1.54, 1.807) is 0 Å². The molecule has 1 saturated carbocycles. The van der Waals surface area contributed by atoms with E-state index in [4.69, 9.17) is 0 Å². The molecule has 0 radical (unpaired) electrons. The Morgan fingerprint density at radius 2 is 1.67 bits per heavy atom. The van der Waals surface area contributed by atoms with Crippen molar-refractivity contribution < 1.29 is 0 Å². The van der Waals surface area contributed by atoms with Crippen molar-refractivity contribution in [2.24, 2.45) is 0 Å². The number of pyridine rings is 2. The summed E-state index contributed by atoms with van der Waals surface area (Å²) >= 11 is 0. The predicted molar refractivity (Wildman–Crippen MR) is 106 cm³/mol. The molecule has 7 rings (SSSR count). The number of hydrogen-bond acceptors (Lipinski definition) is 3. The summed E-state index contributed by atoms with van der Waals surface area (Å²) in [6, 6.07) is 14.3. The minimum absolute atomic E-state index is 0.0232. The first-order valence-electron chi connectivity index (χ1n) is 9.70. The largest absolute Gasteiger partial charge is 0.304 e. The summed E-state index contributed by atoms with van der Waals surface area (Å²) in [4.78, 5) is 22.1. The van der Waals surface area contributed by atoms with E-state index >= 15 is 0 Å². The highest BCUT2D eigenvalue weighted by molar-refractivity contribution is 6.01. The van der Waals surface area contributed by atoms with Gasteiger partial charge in [0.2, 0.25) is 0 Å². The molecule has 132 valence electrons. The Bertz CT molecular complexity index is 1250. The van der Waals surface area contributed by atoms with Crippen molar-refractivity contribution in [3.05, 3.63) is 76.5 Å². The summed E-state index contributed by atoms with van der Waals surface area (Å²) in [6.45, 7) is 0. The SMILES string of the molecule is O=c1nc2c3ccnc(-c4ccccc4)c3ccn2c2c1C1CCC2CC1. The van der Waals surface area contributed by atoms with Gasteiger partial charge < -0.3 is 4.40 Å². The van der Waals surface area contributed by atoms with Gasteiger partial charge in [0, 0.05) is 45.9 Å². The van der Waals surface area contributed by atoms with Crippen LogP contribution in [-0.4, -0.2) is 14.4 Å². The molecule has 4 heteroatoms. The van der Waals surface area contributed by atoms with Gasteiger partial charge in [-0.3, -0.25) is 9.78 Å². The van der Waals surface area contributed by atoms with Gasteiger partial charge >= 0.3 is 0 Å². The smallest absolute Gasteiger partial charge is 0.276 e. The first-order chi connectivity index (χ1) is 13.3. The monoisotopic (exact) mass is 353 g/mol. The second-order valence-corrected chi connectivity index (χ2v) is 7.76. The number of fused-ring (bicyclic) bond motifs is 5. The summed E-state index contributed by atoms with van der Waals surface area (Å²) in [6.07, 6.45) is 8.56. The topological polar surface area (TPSA) is 47.3 Å². The Morgan fingerprint density at radius 3 is 2.48 bits per heavy atom. The summed E-state index contributed by atoms with van der Waals surface area (Å²) in [5.41, 5.74) is 4.95. The van der Waals surface area contributed by atoms with Crippen molar-refractivity contribution >= 4 is 16.4 Å². The van der Waals surface area contributed by atoms with E-state index in [0.29, 0.717) is 11.8 Å². The van der Waals surface area contributed by atoms with Crippen molar-refractivity contribution in [2.45, 2.75) is 37.5 Å². The van der Waals surface area contributed by atoms with E-state index in [-0.39, 0.29) is 5.56 Å². The van der Waals surface area contributed by atoms with E-state index < -0.39 is 0 Å². The molecule has 1 fully saturated rings. The Hall–Kier alpha value is -3.01. The molecule has 0 amide bonds. The molecule has 4 aromatic rings. The molecule has 0 saturated heterocycles. The van der Waals surface area contributed by atoms with Crippen molar-refractivity contribution in [1.29, 1.82) is 0 Å². The van der Waals surface area contributed by atoms with Crippen LogP contribution < -0.4 is 5.56 Å². The molecule has 0 atom stereocenters. The molecule has 3 aliphatic rings. The van der Waals surface area contributed by atoms with E-state index in [1.165, 1.54) is 18.5 Å². The van der Waals surface area contributed by atoms with Crippen LogP contribution in [0.4, 0.5) is 0 Å². The van der Waals surface area contributed by atoms with Gasteiger partial charge in [-0.2, -0.15) is 4.98 Å². The predicted octanol–water partition coefficient (Wildman–Crippen LogP) is 4.66. The lowest BCUT2D eigenvalue weighted by Crippen LogP contribution is -2.32. The quantitative estimate of drug-likeness (QED) is 0.467. The van der Waals surface area contributed by atoms with Gasteiger partial charge in [-0.05, 0) is 43.7 Å². The normalized spacial score (nSPS) is 20.9. The summed E-state index contributed by atoms with van der Waals surface area (Å²) < 4.78 is 2.18. The highest BCUT2D eigenvalue weighted by Crippen LogP contribution is 2.48. The Morgan fingerprint density at radius 1 is 0.889 bits per heavy atom. The molecule has 0 spiro atoms. The van der Waals surface area contributed by atoms with Crippen molar-refractivity contribution in [1.82, 2.24) is 14.4 Å². The average Bonchev–Trinajstić information content (AvgIpc) is 2.74. The zero-order chi connectivity index (χ0) is 18.0. The molecule has 0 N–H and O–H groups in total. The zero-order valence-electron chi connectivity index (χ0n) is 14.9. The second kappa shape index (κ2) is 5.49. The van der Waals surface area contributed by atoms with E-state index in [1.807, 2.05) is 30.5 Å². The van der Waals surface area contributed by atoms with Crippen molar-refractivity contribution in [2.75, 3.05) is 0 Å². The van der Waals surface area contributed by atoms with E-state index in [9.17, 15) is 4.79 Å². The molecule has 1 aromatic carbocycles. The zero-order valence-corrected chi connectivity index (χ0v) is 14.9. The second-order valence-electron chi connectivity index (χ2n) is 7.76. The van der Waals surface area contributed by atoms with Gasteiger partial charge in [-0.25, -0.2) is 0 Å². The fourth-order valence-electron chi connectivity index (χ4n) is 5.17. The standard InChI is InChI=1S/C23H19N3O/c27-23-19-14-6-8-16(9-7-14)21(19)26-13-11-17-18(22(26)25-23)10-12-24-20(17)15-4-2-1-3-5-15/h1-5,10-14,16H,6-9H2. The van der Waals surface area contributed by atoms with Crippen LogP contribution in [0.15, 0.2) is 59.7 Å². The third-order valence-electron chi connectivity index (χ3n) is 6.39. The van der Waals surface area contributed by atoms with Gasteiger partial charge in [-0.15, -0.1) is 0 Å². The maximum atomic E-state index is 12.9. The summed E-state index contributed by atoms with van der Waals surface area (Å²) in [5.74, 6) is 0.885. The summed E-state index contributed by atoms with van der Waals surface area (Å²) in [5, 5.41) is 2.03. The van der Waals surface area contributed by atoms with Gasteiger partial charge in [0.25, 0.3) is 5.56 Å². The van der Waals surface area contributed by atoms with Crippen LogP contribution in [-0.2, 0) is 0 Å². The minimum atomic E-state index is -0.0232. The fourth-order valence-corrected chi connectivity index (χ4v) is 5.17. The first-order valence-corrected chi connectivity index (χ1v) is 9.70. The van der Waals surface area contributed by atoms with Crippen LogP contribution in [0, 0.1) is 0 Å². The number of benzene rings is 1. The molecular weight excluding hydrogens is 334 g/mol. The van der Waals surface area contributed by atoms with Crippen molar-refractivity contribution in [3.8, 4) is 11.3 Å². The molecule has 27 heavy (non-hydrogen) atoms. The molecular formula is C23H19N3O. The van der Waals surface area contributed by atoms with Crippen LogP contribution in [0.25, 0.3) is 27.7 Å². The third-order valence-corrected chi connectivity index (χ3v) is 6.39. The van der Waals surface area contributed by atoms with Gasteiger partial charge in [0.15, 0.2) is 0 Å². The van der Waals surface area contributed by atoms with Gasteiger partial charge in [-0.1, -0.05) is 30.3 Å². The Labute approximate surface area is 156 Å². The molecule has 0 aliphatic heterocycles. The number of rotatable bonds is 1. The molecule has 3 heterocycles.